The minimum Gasteiger partial charge on any atom is -0.384 e. The summed E-state index contributed by atoms with van der Waals surface area (Å²) in [7, 11) is 1.53. The molecule has 0 spiro atoms. The molecule has 1 amide bonds. The van der Waals surface area contributed by atoms with Gasteiger partial charge >= 0.3 is 0 Å². The fourth-order valence-electron chi connectivity index (χ4n) is 2.62. The standard InChI is InChI=1S/C14H17F2N5O3/c1-8-5-9(19-18-8)13(22)21-7-14(15,16)6-10(21)12-17-11(20-24-12)3-4-23-2/h5,10H,3-4,6-7H2,1-2H3,(H,18,19)/t10-/m0/s1. The number of amides is 1. The van der Waals surface area contributed by atoms with Gasteiger partial charge in [-0.05, 0) is 13.0 Å². The fourth-order valence-corrected chi connectivity index (χ4v) is 2.62. The number of aryl methyl sites for hydroxylation is 1. The first-order valence-electron chi connectivity index (χ1n) is 7.42. The number of H-pyrrole nitrogens is 1. The molecule has 24 heavy (non-hydrogen) atoms. The Morgan fingerprint density at radius 3 is 3.04 bits per heavy atom. The first-order valence-corrected chi connectivity index (χ1v) is 7.42. The molecule has 1 aliphatic heterocycles. The molecule has 0 unspecified atom stereocenters. The fraction of sp³-hybridized carbons (Fsp3) is 0.571. The van der Waals surface area contributed by atoms with Crippen molar-refractivity contribution in [2.75, 3.05) is 20.3 Å². The predicted octanol–water partition coefficient (Wildman–Crippen LogP) is 1.51. The molecule has 1 saturated heterocycles. The number of alkyl halides is 2. The van der Waals surface area contributed by atoms with E-state index in [4.69, 9.17) is 9.26 Å². The van der Waals surface area contributed by atoms with E-state index in [9.17, 15) is 13.6 Å². The highest BCUT2D eigenvalue weighted by Gasteiger charge is 2.50. The summed E-state index contributed by atoms with van der Waals surface area (Å²) < 4.78 is 37.8. The van der Waals surface area contributed by atoms with Gasteiger partial charge in [0.15, 0.2) is 5.82 Å². The van der Waals surface area contributed by atoms with E-state index in [0.717, 1.165) is 4.90 Å². The molecule has 1 N–H and O–H groups in total. The molecule has 0 aromatic carbocycles. The summed E-state index contributed by atoms with van der Waals surface area (Å²) in [5.74, 6) is -3.27. The third kappa shape index (κ3) is 3.28. The Morgan fingerprint density at radius 1 is 1.58 bits per heavy atom. The molecule has 2 aromatic rings. The average Bonchev–Trinajstić information content (AvgIpc) is 3.22. The van der Waals surface area contributed by atoms with Crippen LogP contribution in [0.1, 0.15) is 40.4 Å². The van der Waals surface area contributed by atoms with Crippen molar-refractivity contribution in [3.8, 4) is 0 Å². The lowest BCUT2D eigenvalue weighted by molar-refractivity contribution is 0.0116. The van der Waals surface area contributed by atoms with E-state index in [2.05, 4.69) is 20.3 Å². The molecule has 3 rings (SSSR count). The Labute approximate surface area is 136 Å². The number of ether oxygens (including phenoxy) is 1. The minimum atomic E-state index is -3.02. The second kappa shape index (κ2) is 6.27. The van der Waals surface area contributed by atoms with Gasteiger partial charge in [-0.2, -0.15) is 10.1 Å². The van der Waals surface area contributed by atoms with Crippen LogP contribution in [0.4, 0.5) is 8.78 Å². The van der Waals surface area contributed by atoms with Crippen LogP contribution in [0.25, 0.3) is 0 Å². The molecule has 8 nitrogen and oxygen atoms in total. The van der Waals surface area contributed by atoms with Crippen molar-refractivity contribution >= 4 is 5.91 Å². The Hall–Kier alpha value is -2.36. The summed E-state index contributed by atoms with van der Waals surface area (Å²) in [6.45, 7) is 1.40. The molecule has 0 saturated carbocycles. The SMILES string of the molecule is COCCc1noc([C@@H]2CC(F)(F)CN2C(=O)c2cc(C)[nH]n2)n1. The highest BCUT2D eigenvalue weighted by Crippen LogP contribution is 2.41. The van der Waals surface area contributed by atoms with Crippen molar-refractivity contribution < 1.29 is 22.8 Å². The van der Waals surface area contributed by atoms with E-state index in [1.54, 1.807) is 6.92 Å². The molecular formula is C14H17F2N5O3. The number of nitrogens with zero attached hydrogens (tertiary/aromatic N) is 4. The molecule has 3 heterocycles. The van der Waals surface area contributed by atoms with Crippen LogP contribution in [0.15, 0.2) is 10.6 Å². The summed E-state index contributed by atoms with van der Waals surface area (Å²) in [5.41, 5.74) is 0.745. The predicted molar refractivity (Wildman–Crippen MR) is 76.5 cm³/mol. The van der Waals surface area contributed by atoms with Crippen LogP contribution in [0.5, 0.6) is 0 Å². The van der Waals surface area contributed by atoms with Gasteiger partial charge in [0.05, 0.1) is 13.2 Å². The lowest BCUT2D eigenvalue weighted by Gasteiger charge is -2.19. The largest absolute Gasteiger partial charge is 0.384 e. The van der Waals surface area contributed by atoms with Gasteiger partial charge in [0.2, 0.25) is 5.89 Å². The third-order valence-electron chi connectivity index (χ3n) is 3.75. The maximum absolute atomic E-state index is 13.9. The number of carbonyl (C=O) groups excluding carboxylic acids is 1. The number of rotatable bonds is 5. The Bertz CT molecular complexity index is 730. The number of carbonyl (C=O) groups is 1. The van der Waals surface area contributed by atoms with Gasteiger partial charge in [-0.15, -0.1) is 0 Å². The summed E-state index contributed by atoms with van der Waals surface area (Å²) in [6.07, 6.45) is -0.163. The zero-order valence-electron chi connectivity index (χ0n) is 13.3. The Balaban J connectivity index is 1.84. The van der Waals surface area contributed by atoms with Crippen LogP contribution in [-0.2, 0) is 11.2 Å². The molecule has 10 heteroatoms. The van der Waals surface area contributed by atoms with Crippen LogP contribution in [0, 0.1) is 6.92 Å². The minimum absolute atomic E-state index is 0.00103. The van der Waals surface area contributed by atoms with Gasteiger partial charge in [0.1, 0.15) is 11.7 Å². The molecule has 1 atom stereocenters. The van der Waals surface area contributed by atoms with Crippen molar-refractivity contribution in [3.63, 3.8) is 0 Å². The van der Waals surface area contributed by atoms with E-state index in [-0.39, 0.29) is 11.6 Å². The molecule has 2 aromatic heterocycles. The van der Waals surface area contributed by atoms with E-state index in [0.29, 0.717) is 24.5 Å². The van der Waals surface area contributed by atoms with Crippen LogP contribution >= 0.6 is 0 Å². The normalized spacial score (nSPS) is 19.8. The Morgan fingerprint density at radius 2 is 2.38 bits per heavy atom. The second-order valence-electron chi connectivity index (χ2n) is 5.74. The topological polar surface area (TPSA) is 97.1 Å². The van der Waals surface area contributed by atoms with E-state index >= 15 is 0 Å². The van der Waals surface area contributed by atoms with Gasteiger partial charge in [-0.3, -0.25) is 9.89 Å². The van der Waals surface area contributed by atoms with Crippen LogP contribution < -0.4 is 0 Å². The van der Waals surface area contributed by atoms with Crippen molar-refractivity contribution in [2.24, 2.45) is 0 Å². The first kappa shape index (κ1) is 16.5. The number of hydrogen-bond donors (Lipinski definition) is 1. The number of likely N-dealkylation sites (tertiary alicyclic amines) is 1. The van der Waals surface area contributed by atoms with Gasteiger partial charge in [-0.1, -0.05) is 5.16 Å². The number of methoxy groups -OCH3 is 1. The third-order valence-corrected chi connectivity index (χ3v) is 3.75. The molecule has 130 valence electrons. The lowest BCUT2D eigenvalue weighted by atomic mass is 10.2. The van der Waals surface area contributed by atoms with Gasteiger partial charge in [-0.25, -0.2) is 8.78 Å². The monoisotopic (exact) mass is 341 g/mol. The lowest BCUT2D eigenvalue weighted by Crippen LogP contribution is -2.33. The van der Waals surface area contributed by atoms with Crippen molar-refractivity contribution in [1.29, 1.82) is 0 Å². The highest BCUT2D eigenvalue weighted by atomic mass is 19.3. The van der Waals surface area contributed by atoms with Crippen LogP contribution in [0.3, 0.4) is 0 Å². The quantitative estimate of drug-likeness (QED) is 0.885. The molecular weight excluding hydrogens is 324 g/mol. The summed E-state index contributed by atoms with van der Waals surface area (Å²) in [6, 6.07) is 0.529. The number of nitrogens with one attached hydrogen (secondary N) is 1. The van der Waals surface area contributed by atoms with Crippen molar-refractivity contribution in [1.82, 2.24) is 25.2 Å². The number of aromatic amines is 1. The van der Waals surface area contributed by atoms with Crippen molar-refractivity contribution in [3.05, 3.63) is 29.2 Å². The van der Waals surface area contributed by atoms with E-state index < -0.39 is 30.8 Å². The number of hydrogen-bond acceptors (Lipinski definition) is 6. The van der Waals surface area contributed by atoms with Crippen LogP contribution in [0.2, 0.25) is 0 Å². The van der Waals surface area contributed by atoms with E-state index in [1.807, 2.05) is 0 Å². The zero-order chi connectivity index (χ0) is 17.3. The molecule has 0 radical (unpaired) electrons. The maximum atomic E-state index is 13.9. The molecule has 0 bridgehead atoms. The Kier molecular flexibility index (Phi) is 4.31. The van der Waals surface area contributed by atoms with Gasteiger partial charge in [0.25, 0.3) is 11.8 Å². The van der Waals surface area contributed by atoms with E-state index in [1.165, 1.54) is 13.2 Å². The zero-order valence-corrected chi connectivity index (χ0v) is 13.3. The van der Waals surface area contributed by atoms with Crippen molar-refractivity contribution in [2.45, 2.75) is 31.7 Å². The first-order chi connectivity index (χ1) is 11.4. The van der Waals surface area contributed by atoms with Gasteiger partial charge in [0, 0.05) is 25.6 Å². The summed E-state index contributed by atoms with van der Waals surface area (Å²) in [4.78, 5) is 17.7. The number of halogens is 2. The molecule has 1 aliphatic rings. The summed E-state index contributed by atoms with van der Waals surface area (Å²) >= 11 is 0. The smallest absolute Gasteiger partial charge is 0.275 e. The highest BCUT2D eigenvalue weighted by molar-refractivity contribution is 5.92. The molecule has 0 aliphatic carbocycles. The summed E-state index contributed by atoms with van der Waals surface area (Å²) in [5, 5.41) is 10.2. The second-order valence-corrected chi connectivity index (χ2v) is 5.74. The average molecular weight is 341 g/mol. The number of aromatic nitrogens is 4. The van der Waals surface area contributed by atoms with Gasteiger partial charge < -0.3 is 14.2 Å². The van der Waals surface area contributed by atoms with Crippen LogP contribution in [-0.4, -0.2) is 57.3 Å². The maximum Gasteiger partial charge on any atom is 0.275 e. The molecule has 1 fully saturated rings.